The number of benzene rings is 1. The zero-order chi connectivity index (χ0) is 13.7. The van der Waals surface area contributed by atoms with Crippen LogP contribution in [0.5, 0.6) is 0 Å². The van der Waals surface area contributed by atoms with Crippen molar-refractivity contribution in [2.45, 2.75) is 37.8 Å². The Balaban J connectivity index is 1.73. The van der Waals surface area contributed by atoms with Gasteiger partial charge in [0.05, 0.1) is 12.0 Å². The molecule has 3 aliphatic rings. The Bertz CT molecular complexity index is 559. The number of nitrogens with one attached hydrogen (secondary N) is 1. The number of hydrogen-bond acceptors (Lipinski definition) is 2. The third-order valence-electron chi connectivity index (χ3n) is 5.15. The topological polar surface area (TPSA) is 32.3 Å². The zero-order valence-electron chi connectivity index (χ0n) is 11.4. The Kier molecular flexibility index (Phi) is 3.00. The summed E-state index contributed by atoms with van der Waals surface area (Å²) in [6, 6.07) is 6.69. The smallest absolute Gasteiger partial charge is 0.227 e. The summed E-state index contributed by atoms with van der Waals surface area (Å²) in [5, 5.41) is 4.40. The number of carbonyl (C=O) groups excluding carboxylic acids is 1. The van der Waals surface area contributed by atoms with Gasteiger partial charge in [-0.25, -0.2) is 0 Å². The van der Waals surface area contributed by atoms with Crippen LogP contribution in [0, 0.1) is 5.92 Å². The lowest BCUT2D eigenvalue weighted by atomic mass is 9.77. The van der Waals surface area contributed by atoms with Gasteiger partial charge in [0.1, 0.15) is 0 Å². The van der Waals surface area contributed by atoms with Gasteiger partial charge in [0.2, 0.25) is 5.91 Å². The van der Waals surface area contributed by atoms with Crippen molar-refractivity contribution in [1.82, 2.24) is 10.2 Å². The summed E-state index contributed by atoms with van der Waals surface area (Å²) >= 11 is 6.33. The predicted octanol–water partition coefficient (Wildman–Crippen LogP) is 2.54. The first-order chi connectivity index (χ1) is 9.75. The van der Waals surface area contributed by atoms with Crippen molar-refractivity contribution in [3.63, 3.8) is 0 Å². The van der Waals surface area contributed by atoms with Crippen molar-refractivity contribution in [1.29, 1.82) is 0 Å². The van der Waals surface area contributed by atoms with E-state index in [-0.39, 0.29) is 12.0 Å². The number of nitrogens with zero attached hydrogens (tertiary/aromatic N) is 1. The summed E-state index contributed by atoms with van der Waals surface area (Å²) in [5.41, 5.74) is 2.51. The molecule has 0 radical (unpaired) electrons. The fraction of sp³-hybridized carbons (Fsp3) is 0.562. The number of hydrogen-bond donors (Lipinski definition) is 1. The molecule has 1 N–H and O–H groups in total. The third-order valence-corrected chi connectivity index (χ3v) is 5.51. The first-order valence-corrected chi connectivity index (χ1v) is 7.94. The molecule has 3 atom stereocenters. The predicted molar refractivity (Wildman–Crippen MR) is 78.7 cm³/mol. The molecular formula is C16H19ClN2O. The van der Waals surface area contributed by atoms with Gasteiger partial charge in [-0.15, -0.1) is 0 Å². The fourth-order valence-corrected chi connectivity index (χ4v) is 4.45. The van der Waals surface area contributed by atoms with E-state index in [1.54, 1.807) is 0 Å². The van der Waals surface area contributed by atoms with Crippen LogP contribution in [0.15, 0.2) is 18.2 Å². The van der Waals surface area contributed by atoms with Gasteiger partial charge in [-0.05, 0) is 49.4 Å². The van der Waals surface area contributed by atoms with Gasteiger partial charge < -0.3 is 10.2 Å². The van der Waals surface area contributed by atoms with E-state index >= 15 is 0 Å². The van der Waals surface area contributed by atoms with Crippen LogP contribution in [-0.2, 0) is 11.2 Å². The van der Waals surface area contributed by atoms with E-state index in [4.69, 9.17) is 11.6 Å². The Morgan fingerprint density at radius 3 is 3.15 bits per heavy atom. The van der Waals surface area contributed by atoms with Crippen molar-refractivity contribution in [3.8, 4) is 0 Å². The van der Waals surface area contributed by atoms with Gasteiger partial charge in [-0.2, -0.15) is 0 Å². The van der Waals surface area contributed by atoms with Crippen LogP contribution in [-0.4, -0.2) is 29.9 Å². The Hall–Kier alpha value is -1.06. The van der Waals surface area contributed by atoms with Crippen LogP contribution in [0.1, 0.15) is 36.4 Å². The molecule has 1 aromatic carbocycles. The minimum Gasteiger partial charge on any atom is -0.335 e. The first-order valence-electron chi connectivity index (χ1n) is 7.57. The minimum absolute atomic E-state index is 0.195. The summed E-state index contributed by atoms with van der Waals surface area (Å²) in [4.78, 5) is 14.8. The number of carbonyl (C=O) groups is 1. The maximum Gasteiger partial charge on any atom is 0.227 e. The second-order valence-corrected chi connectivity index (χ2v) is 6.56. The summed E-state index contributed by atoms with van der Waals surface area (Å²) < 4.78 is 0. The number of piperidine rings is 2. The van der Waals surface area contributed by atoms with Crippen LogP contribution in [0.2, 0.25) is 5.02 Å². The van der Waals surface area contributed by atoms with E-state index in [9.17, 15) is 4.79 Å². The molecule has 0 saturated carbocycles. The molecular weight excluding hydrogens is 272 g/mol. The van der Waals surface area contributed by atoms with Crippen molar-refractivity contribution < 1.29 is 4.79 Å². The molecule has 2 saturated heterocycles. The molecule has 0 bridgehead atoms. The quantitative estimate of drug-likeness (QED) is 0.796. The largest absolute Gasteiger partial charge is 0.335 e. The van der Waals surface area contributed by atoms with Crippen molar-refractivity contribution in [2.24, 2.45) is 5.92 Å². The molecule has 3 aliphatic heterocycles. The normalized spacial score (nSPS) is 32.4. The molecule has 20 heavy (non-hydrogen) atoms. The number of rotatable bonds is 0. The van der Waals surface area contributed by atoms with E-state index in [2.05, 4.69) is 16.3 Å². The Labute approximate surface area is 124 Å². The van der Waals surface area contributed by atoms with Gasteiger partial charge in [0.15, 0.2) is 0 Å². The molecule has 4 rings (SSSR count). The van der Waals surface area contributed by atoms with Gasteiger partial charge in [0.25, 0.3) is 0 Å². The van der Waals surface area contributed by atoms with Gasteiger partial charge in [-0.3, -0.25) is 4.79 Å². The van der Waals surface area contributed by atoms with Crippen LogP contribution < -0.4 is 5.32 Å². The molecule has 0 spiro atoms. The standard InChI is InChI=1S/C16H19ClN2O/c17-13-5-1-3-11-10(13)6-8-19-15(11)9-14-12(16(19)20)4-2-7-18-14/h1,3,5,12,14-15,18H,2,4,6-9H2/t12-,14-,15-/m0/s1. The highest BCUT2D eigenvalue weighted by Crippen LogP contribution is 2.42. The molecule has 3 heterocycles. The van der Waals surface area contributed by atoms with E-state index in [1.165, 1.54) is 11.1 Å². The number of halogens is 1. The highest BCUT2D eigenvalue weighted by atomic mass is 35.5. The average molecular weight is 291 g/mol. The first kappa shape index (κ1) is 12.7. The second kappa shape index (κ2) is 4.74. The number of fused-ring (bicyclic) bond motifs is 4. The monoisotopic (exact) mass is 290 g/mol. The molecule has 0 aromatic heterocycles. The summed E-state index contributed by atoms with van der Waals surface area (Å²) in [6.07, 6.45) is 4.09. The van der Waals surface area contributed by atoms with Crippen LogP contribution in [0.4, 0.5) is 0 Å². The van der Waals surface area contributed by atoms with Crippen LogP contribution in [0.25, 0.3) is 0 Å². The van der Waals surface area contributed by atoms with Crippen molar-refractivity contribution >= 4 is 17.5 Å². The summed E-state index contributed by atoms with van der Waals surface area (Å²) in [6.45, 7) is 1.87. The maximum atomic E-state index is 12.7. The fourth-order valence-electron chi connectivity index (χ4n) is 4.17. The highest BCUT2D eigenvalue weighted by Gasteiger charge is 2.44. The average Bonchev–Trinajstić information content (AvgIpc) is 2.48. The van der Waals surface area contributed by atoms with Crippen LogP contribution in [0.3, 0.4) is 0 Å². The molecule has 0 aliphatic carbocycles. The lowest BCUT2D eigenvalue weighted by Crippen LogP contribution is -2.57. The molecule has 2 fully saturated rings. The van der Waals surface area contributed by atoms with E-state index in [0.717, 1.165) is 43.8 Å². The molecule has 0 unspecified atom stereocenters. The van der Waals surface area contributed by atoms with Crippen molar-refractivity contribution in [2.75, 3.05) is 13.1 Å². The summed E-state index contributed by atoms with van der Waals surface area (Å²) in [7, 11) is 0. The molecule has 3 nitrogen and oxygen atoms in total. The van der Waals surface area contributed by atoms with Gasteiger partial charge in [0, 0.05) is 17.6 Å². The molecule has 4 heteroatoms. The number of amides is 1. The van der Waals surface area contributed by atoms with E-state index in [0.29, 0.717) is 11.9 Å². The Morgan fingerprint density at radius 2 is 2.25 bits per heavy atom. The SMILES string of the molecule is O=C1[C@H]2CCCN[C@H]2C[C@H]2c3cccc(Cl)c3CCN12. The van der Waals surface area contributed by atoms with Gasteiger partial charge >= 0.3 is 0 Å². The second-order valence-electron chi connectivity index (χ2n) is 6.15. The van der Waals surface area contributed by atoms with Crippen LogP contribution >= 0.6 is 11.6 Å². The lowest BCUT2D eigenvalue weighted by molar-refractivity contribution is -0.145. The highest BCUT2D eigenvalue weighted by molar-refractivity contribution is 6.31. The minimum atomic E-state index is 0.195. The third kappa shape index (κ3) is 1.80. The zero-order valence-corrected chi connectivity index (χ0v) is 12.2. The maximum absolute atomic E-state index is 12.7. The molecule has 106 valence electrons. The Morgan fingerprint density at radius 1 is 1.35 bits per heavy atom. The van der Waals surface area contributed by atoms with E-state index in [1.807, 2.05) is 12.1 Å². The van der Waals surface area contributed by atoms with Crippen molar-refractivity contribution in [3.05, 3.63) is 34.3 Å². The lowest BCUT2D eigenvalue weighted by Gasteiger charge is -2.48. The molecule has 1 amide bonds. The summed E-state index contributed by atoms with van der Waals surface area (Å²) in [5.74, 6) is 0.546. The molecule has 1 aromatic rings. The van der Waals surface area contributed by atoms with E-state index < -0.39 is 0 Å². The van der Waals surface area contributed by atoms with Gasteiger partial charge in [-0.1, -0.05) is 23.7 Å².